The van der Waals surface area contributed by atoms with Crippen LogP contribution in [0.15, 0.2) is 53.4 Å². The van der Waals surface area contributed by atoms with Gasteiger partial charge >= 0.3 is 0 Å². The first-order chi connectivity index (χ1) is 17.5. The van der Waals surface area contributed by atoms with Crippen LogP contribution >= 0.6 is 11.6 Å². The zero-order valence-corrected chi connectivity index (χ0v) is 22.6. The van der Waals surface area contributed by atoms with Gasteiger partial charge < -0.3 is 24.6 Å². The van der Waals surface area contributed by atoms with Gasteiger partial charge in [0, 0.05) is 18.6 Å². The number of ether oxygens (including phenoxy) is 3. The Balaban J connectivity index is 1.46. The number of hydrazine groups is 1. The highest BCUT2D eigenvalue weighted by Gasteiger charge is 2.33. The van der Waals surface area contributed by atoms with E-state index in [0.29, 0.717) is 12.3 Å². The minimum absolute atomic E-state index is 0.00575. The zero-order chi connectivity index (χ0) is 27.1. The summed E-state index contributed by atoms with van der Waals surface area (Å²) in [4.78, 5) is 2.40. The molecule has 1 aliphatic rings. The number of aliphatic hydroxyl groups is 1. The number of nitrogens with zero attached hydrogens (tertiary/aromatic N) is 2. The number of rotatable bonds is 12. The van der Waals surface area contributed by atoms with Gasteiger partial charge in [-0.1, -0.05) is 12.1 Å². The molecule has 0 amide bonds. The number of hydrogen-bond donors (Lipinski definition) is 3. The summed E-state index contributed by atoms with van der Waals surface area (Å²) >= 11 is 6.14. The van der Waals surface area contributed by atoms with Crippen molar-refractivity contribution in [2.24, 2.45) is 0 Å². The normalized spacial score (nSPS) is 19.7. The Morgan fingerprint density at radius 1 is 1.22 bits per heavy atom. The second kappa shape index (κ2) is 12.9. The molecule has 1 saturated heterocycles. The van der Waals surface area contributed by atoms with Crippen molar-refractivity contribution in [3.05, 3.63) is 54.1 Å². The average molecular weight is 553 g/mol. The van der Waals surface area contributed by atoms with Crippen LogP contribution in [0, 0.1) is 11.3 Å². The molecule has 1 fully saturated rings. The van der Waals surface area contributed by atoms with E-state index in [0.717, 1.165) is 17.7 Å². The number of sulfonamides is 1. The molecular formula is C25H33ClN4O6S. The third-order valence-corrected chi connectivity index (χ3v) is 7.57. The standard InChI is InChI=1S/C25H33ClN4O6S/c1-25(2,14-18-4-6-20(34-3)7-5-18)28-16-19(31)17-36-21-8-10-22(11-9-21)37(32,33)29-30-12-13-35-23(15-27)24(30)26/h4-11,19,23-24,28-29,31H,12-14,16-17H2,1-3H3/t19-,23?,24?/m1/s1. The highest BCUT2D eigenvalue weighted by molar-refractivity contribution is 7.89. The Labute approximate surface area is 223 Å². The van der Waals surface area contributed by atoms with E-state index in [-0.39, 0.29) is 30.2 Å². The number of hydrogen-bond acceptors (Lipinski definition) is 9. The van der Waals surface area contributed by atoms with Crippen molar-refractivity contribution in [2.45, 2.75) is 48.4 Å². The number of methoxy groups -OCH3 is 1. The number of aliphatic hydroxyl groups excluding tert-OH is 1. The molecule has 0 radical (unpaired) electrons. The predicted molar refractivity (Wildman–Crippen MR) is 139 cm³/mol. The van der Waals surface area contributed by atoms with Crippen molar-refractivity contribution >= 4 is 21.6 Å². The van der Waals surface area contributed by atoms with Crippen LogP contribution in [-0.4, -0.2) is 75.2 Å². The second-order valence-electron chi connectivity index (χ2n) is 9.31. The van der Waals surface area contributed by atoms with Crippen molar-refractivity contribution in [3.63, 3.8) is 0 Å². The van der Waals surface area contributed by atoms with E-state index in [4.69, 9.17) is 31.1 Å². The highest BCUT2D eigenvalue weighted by atomic mass is 35.5. The molecule has 1 aliphatic heterocycles. The zero-order valence-electron chi connectivity index (χ0n) is 21.1. The summed E-state index contributed by atoms with van der Waals surface area (Å²) < 4.78 is 41.5. The Bertz CT molecular complexity index is 1160. The number of halogens is 1. The number of alkyl halides is 1. The van der Waals surface area contributed by atoms with Crippen LogP contribution in [0.2, 0.25) is 0 Å². The smallest absolute Gasteiger partial charge is 0.253 e. The number of morpholine rings is 1. The Morgan fingerprint density at radius 3 is 2.49 bits per heavy atom. The van der Waals surface area contributed by atoms with Gasteiger partial charge in [-0.15, -0.1) is 16.4 Å². The third-order valence-electron chi connectivity index (χ3n) is 5.74. The van der Waals surface area contributed by atoms with Crippen LogP contribution in [0.4, 0.5) is 0 Å². The lowest BCUT2D eigenvalue weighted by atomic mass is 9.94. The lowest BCUT2D eigenvalue weighted by Crippen LogP contribution is -2.55. The molecule has 1 heterocycles. The van der Waals surface area contributed by atoms with Gasteiger partial charge in [-0.05, 0) is 62.2 Å². The number of β-amino-alcohol motifs (C(OH)–C–C–N with tert-alkyl or cyclic N) is 1. The first-order valence-electron chi connectivity index (χ1n) is 11.8. The monoisotopic (exact) mass is 552 g/mol. The van der Waals surface area contributed by atoms with Gasteiger partial charge in [0.15, 0.2) is 6.10 Å². The van der Waals surface area contributed by atoms with Gasteiger partial charge in [0.05, 0.1) is 24.7 Å². The molecule has 2 unspecified atom stereocenters. The van der Waals surface area contributed by atoms with Crippen molar-refractivity contribution < 1.29 is 27.7 Å². The summed E-state index contributed by atoms with van der Waals surface area (Å²) in [6.07, 6.45) is -0.946. The SMILES string of the molecule is COc1ccc(CC(C)(C)NC[C@@H](O)COc2ccc(S(=O)(=O)NN3CCOC(C#N)C3Cl)cc2)cc1. The summed E-state index contributed by atoms with van der Waals surface area (Å²) in [5, 5.41) is 24.1. The number of benzene rings is 2. The molecule has 0 aromatic heterocycles. The molecule has 0 aliphatic carbocycles. The maximum Gasteiger partial charge on any atom is 0.253 e. The minimum Gasteiger partial charge on any atom is -0.497 e. The maximum atomic E-state index is 12.7. The van der Waals surface area contributed by atoms with Crippen molar-refractivity contribution in [1.29, 1.82) is 5.26 Å². The molecule has 3 rings (SSSR count). The first kappa shape index (κ1) is 29.1. The molecular weight excluding hydrogens is 520 g/mol. The summed E-state index contributed by atoms with van der Waals surface area (Å²) in [5.74, 6) is 1.22. The molecule has 202 valence electrons. The summed E-state index contributed by atoms with van der Waals surface area (Å²) in [6, 6.07) is 15.6. The van der Waals surface area contributed by atoms with Gasteiger partial charge in [-0.2, -0.15) is 5.26 Å². The van der Waals surface area contributed by atoms with Crippen LogP contribution in [0.25, 0.3) is 0 Å². The lowest BCUT2D eigenvalue weighted by molar-refractivity contribution is -0.0247. The minimum atomic E-state index is -3.92. The van der Waals surface area contributed by atoms with Gasteiger partial charge in [-0.3, -0.25) is 0 Å². The Morgan fingerprint density at radius 2 is 1.86 bits per heavy atom. The molecule has 2 aromatic rings. The molecule has 0 saturated carbocycles. The average Bonchev–Trinajstić information content (AvgIpc) is 2.88. The van der Waals surface area contributed by atoms with E-state index >= 15 is 0 Å². The molecule has 3 N–H and O–H groups in total. The summed E-state index contributed by atoms with van der Waals surface area (Å²) in [5.41, 5.74) is -0.0602. The van der Waals surface area contributed by atoms with E-state index in [1.165, 1.54) is 29.3 Å². The number of nitriles is 1. The number of nitrogens with one attached hydrogen (secondary N) is 2. The quantitative estimate of drug-likeness (QED) is 0.267. The van der Waals surface area contributed by atoms with Crippen molar-refractivity contribution in [1.82, 2.24) is 15.2 Å². The second-order valence-corrected chi connectivity index (χ2v) is 11.4. The molecule has 37 heavy (non-hydrogen) atoms. The van der Waals surface area contributed by atoms with Crippen LogP contribution in [0.3, 0.4) is 0 Å². The topological polar surface area (TPSA) is 133 Å². The lowest BCUT2D eigenvalue weighted by Gasteiger charge is -2.34. The first-order valence-corrected chi connectivity index (χ1v) is 13.7. The van der Waals surface area contributed by atoms with Crippen LogP contribution in [0.1, 0.15) is 19.4 Å². The van der Waals surface area contributed by atoms with E-state index in [1.54, 1.807) is 7.11 Å². The van der Waals surface area contributed by atoms with Crippen LogP contribution in [-0.2, 0) is 21.2 Å². The highest BCUT2D eigenvalue weighted by Crippen LogP contribution is 2.20. The Hall–Kier alpha value is -2.43. The van der Waals surface area contributed by atoms with Gasteiger partial charge in [0.2, 0.25) is 0 Å². The summed E-state index contributed by atoms with van der Waals surface area (Å²) in [6.45, 7) is 4.85. The van der Waals surface area contributed by atoms with Crippen LogP contribution in [0.5, 0.6) is 11.5 Å². The Kier molecular flexibility index (Phi) is 10.1. The van der Waals surface area contributed by atoms with E-state index in [1.807, 2.05) is 30.3 Å². The fourth-order valence-electron chi connectivity index (χ4n) is 3.72. The predicted octanol–water partition coefficient (Wildman–Crippen LogP) is 2.03. The fourth-order valence-corrected chi connectivity index (χ4v) is 5.17. The molecule has 0 bridgehead atoms. The molecule has 0 spiro atoms. The van der Waals surface area contributed by atoms with E-state index in [2.05, 4.69) is 24.0 Å². The van der Waals surface area contributed by atoms with E-state index < -0.39 is 27.7 Å². The van der Waals surface area contributed by atoms with Crippen LogP contribution < -0.4 is 19.6 Å². The molecule has 10 nitrogen and oxygen atoms in total. The fraction of sp³-hybridized carbons (Fsp3) is 0.480. The third kappa shape index (κ3) is 8.55. The maximum absolute atomic E-state index is 12.7. The van der Waals surface area contributed by atoms with Gasteiger partial charge in [-0.25, -0.2) is 13.4 Å². The van der Waals surface area contributed by atoms with Crippen molar-refractivity contribution in [3.8, 4) is 17.6 Å². The molecule has 12 heteroatoms. The molecule has 2 aromatic carbocycles. The van der Waals surface area contributed by atoms with Gasteiger partial charge in [0.25, 0.3) is 10.0 Å². The van der Waals surface area contributed by atoms with E-state index in [9.17, 15) is 13.5 Å². The van der Waals surface area contributed by atoms with Crippen molar-refractivity contribution in [2.75, 3.05) is 33.4 Å². The summed E-state index contributed by atoms with van der Waals surface area (Å²) in [7, 11) is -2.29. The largest absolute Gasteiger partial charge is 0.497 e. The molecule has 3 atom stereocenters. The van der Waals surface area contributed by atoms with Gasteiger partial charge in [0.1, 0.15) is 29.7 Å².